The molecule has 0 aliphatic carbocycles. The van der Waals surface area contributed by atoms with Gasteiger partial charge in [0.1, 0.15) is 0 Å². The molecule has 0 radical (unpaired) electrons. The molecule has 0 aromatic carbocycles. The summed E-state index contributed by atoms with van der Waals surface area (Å²) in [5.41, 5.74) is 5.80. The molecule has 0 aromatic rings. The molecule has 0 spiro atoms. The van der Waals surface area contributed by atoms with E-state index in [1.54, 1.807) is 0 Å². The Morgan fingerprint density at radius 3 is 2.20 bits per heavy atom. The number of hydrogen-bond acceptors (Lipinski definition) is 2. The van der Waals surface area contributed by atoms with Gasteiger partial charge in [0.25, 0.3) is 0 Å². The molecular formula is C8H20N2. The van der Waals surface area contributed by atoms with Crippen molar-refractivity contribution in [2.45, 2.75) is 32.7 Å². The SMILES string of the molecule is CCN(C)CCC(C)(C)N. The molecule has 2 nitrogen and oxygen atoms in total. The maximum Gasteiger partial charge on any atom is 0.0109 e. The van der Waals surface area contributed by atoms with Crippen molar-refractivity contribution in [2.24, 2.45) is 5.73 Å². The zero-order valence-corrected chi connectivity index (χ0v) is 7.65. The zero-order valence-electron chi connectivity index (χ0n) is 7.65. The lowest BCUT2D eigenvalue weighted by Gasteiger charge is -2.22. The van der Waals surface area contributed by atoms with E-state index in [9.17, 15) is 0 Å². The first-order valence-electron chi connectivity index (χ1n) is 3.93. The second kappa shape index (κ2) is 3.94. The van der Waals surface area contributed by atoms with E-state index >= 15 is 0 Å². The molecule has 0 aliphatic rings. The Morgan fingerprint density at radius 1 is 1.40 bits per heavy atom. The monoisotopic (exact) mass is 144 g/mol. The van der Waals surface area contributed by atoms with Crippen LogP contribution >= 0.6 is 0 Å². The van der Waals surface area contributed by atoms with Crippen molar-refractivity contribution in [1.82, 2.24) is 4.90 Å². The van der Waals surface area contributed by atoms with Crippen LogP contribution in [-0.2, 0) is 0 Å². The molecule has 2 heteroatoms. The van der Waals surface area contributed by atoms with Crippen LogP contribution in [0.1, 0.15) is 27.2 Å². The van der Waals surface area contributed by atoms with Crippen molar-refractivity contribution < 1.29 is 0 Å². The summed E-state index contributed by atoms with van der Waals surface area (Å²) in [6.07, 6.45) is 1.07. The highest BCUT2D eigenvalue weighted by molar-refractivity contribution is 4.72. The van der Waals surface area contributed by atoms with Crippen LogP contribution in [0.3, 0.4) is 0 Å². The molecule has 0 saturated carbocycles. The molecule has 0 aliphatic heterocycles. The summed E-state index contributed by atoms with van der Waals surface area (Å²) in [6, 6.07) is 0. The Balaban J connectivity index is 3.36. The first kappa shape index (κ1) is 9.92. The lowest BCUT2D eigenvalue weighted by atomic mass is 10.0. The molecule has 0 amide bonds. The summed E-state index contributed by atoms with van der Waals surface area (Å²) in [7, 11) is 2.12. The molecule has 2 N–H and O–H groups in total. The number of hydrogen-bond donors (Lipinski definition) is 1. The van der Waals surface area contributed by atoms with E-state index in [0.717, 1.165) is 19.5 Å². The quantitative estimate of drug-likeness (QED) is 0.639. The van der Waals surface area contributed by atoms with E-state index in [1.165, 1.54) is 0 Å². The predicted octanol–water partition coefficient (Wildman–Crippen LogP) is 1.07. The molecule has 0 atom stereocenters. The minimum Gasteiger partial charge on any atom is -0.326 e. The van der Waals surface area contributed by atoms with Crippen LogP contribution in [0.4, 0.5) is 0 Å². The van der Waals surface area contributed by atoms with Crippen molar-refractivity contribution in [1.29, 1.82) is 0 Å². The third-order valence-electron chi connectivity index (χ3n) is 1.68. The van der Waals surface area contributed by atoms with Gasteiger partial charge in [0.15, 0.2) is 0 Å². The lowest BCUT2D eigenvalue weighted by Crippen LogP contribution is -2.36. The predicted molar refractivity (Wildman–Crippen MR) is 46.1 cm³/mol. The number of nitrogens with two attached hydrogens (primary N) is 1. The average molecular weight is 144 g/mol. The van der Waals surface area contributed by atoms with Crippen molar-refractivity contribution in [3.8, 4) is 0 Å². The molecule has 0 saturated heterocycles. The van der Waals surface area contributed by atoms with Crippen LogP contribution < -0.4 is 5.73 Å². The van der Waals surface area contributed by atoms with Gasteiger partial charge in [-0.25, -0.2) is 0 Å². The maximum atomic E-state index is 5.81. The molecule has 0 rings (SSSR count). The summed E-state index contributed by atoms with van der Waals surface area (Å²) in [4.78, 5) is 2.27. The minimum absolute atomic E-state index is 0.0105. The highest BCUT2D eigenvalue weighted by Crippen LogP contribution is 2.03. The van der Waals surface area contributed by atoms with Crippen LogP contribution in [0.5, 0.6) is 0 Å². The first-order chi connectivity index (χ1) is 4.45. The fourth-order valence-corrected chi connectivity index (χ4v) is 0.637. The summed E-state index contributed by atoms with van der Waals surface area (Å²) in [6.45, 7) is 8.49. The molecule has 10 heavy (non-hydrogen) atoms. The van der Waals surface area contributed by atoms with Crippen molar-refractivity contribution in [3.63, 3.8) is 0 Å². The van der Waals surface area contributed by atoms with Gasteiger partial charge in [-0.15, -0.1) is 0 Å². The summed E-state index contributed by atoms with van der Waals surface area (Å²) in [5, 5.41) is 0. The maximum absolute atomic E-state index is 5.81. The Hall–Kier alpha value is -0.0800. The van der Waals surface area contributed by atoms with Crippen LogP contribution in [-0.4, -0.2) is 30.6 Å². The van der Waals surface area contributed by atoms with E-state index in [4.69, 9.17) is 5.73 Å². The third kappa shape index (κ3) is 6.05. The van der Waals surface area contributed by atoms with Gasteiger partial charge in [0.05, 0.1) is 0 Å². The molecule has 0 unspecified atom stereocenters. The van der Waals surface area contributed by atoms with E-state index < -0.39 is 0 Å². The summed E-state index contributed by atoms with van der Waals surface area (Å²) >= 11 is 0. The number of rotatable bonds is 4. The van der Waals surface area contributed by atoms with E-state index in [2.05, 4.69) is 32.7 Å². The van der Waals surface area contributed by atoms with E-state index in [1.807, 2.05) is 0 Å². The molecule has 62 valence electrons. The van der Waals surface area contributed by atoms with Gasteiger partial charge in [-0.1, -0.05) is 6.92 Å². The Kier molecular flexibility index (Phi) is 3.91. The topological polar surface area (TPSA) is 29.3 Å². The normalized spacial score (nSPS) is 12.6. The Bertz CT molecular complexity index is 83.7. The minimum atomic E-state index is -0.0105. The van der Waals surface area contributed by atoms with Crippen LogP contribution in [0, 0.1) is 0 Å². The second-order valence-corrected chi connectivity index (χ2v) is 3.63. The van der Waals surface area contributed by atoms with Crippen LogP contribution in [0.15, 0.2) is 0 Å². The lowest BCUT2D eigenvalue weighted by molar-refractivity contribution is 0.308. The highest BCUT2D eigenvalue weighted by Gasteiger charge is 2.10. The van der Waals surface area contributed by atoms with Crippen molar-refractivity contribution in [2.75, 3.05) is 20.1 Å². The molecule has 0 fully saturated rings. The van der Waals surface area contributed by atoms with Crippen molar-refractivity contribution >= 4 is 0 Å². The summed E-state index contributed by atoms with van der Waals surface area (Å²) in [5.74, 6) is 0. The largest absolute Gasteiger partial charge is 0.326 e. The van der Waals surface area contributed by atoms with Crippen molar-refractivity contribution in [3.05, 3.63) is 0 Å². The molecule has 0 aromatic heterocycles. The van der Waals surface area contributed by atoms with E-state index in [0.29, 0.717) is 0 Å². The number of nitrogens with zero attached hydrogens (tertiary/aromatic N) is 1. The van der Waals surface area contributed by atoms with Gasteiger partial charge in [-0.3, -0.25) is 0 Å². The fourth-order valence-electron chi connectivity index (χ4n) is 0.637. The van der Waals surface area contributed by atoms with Gasteiger partial charge in [0, 0.05) is 5.54 Å². The van der Waals surface area contributed by atoms with Crippen LogP contribution in [0.2, 0.25) is 0 Å². The van der Waals surface area contributed by atoms with Gasteiger partial charge in [0.2, 0.25) is 0 Å². The highest BCUT2D eigenvalue weighted by atomic mass is 15.1. The average Bonchev–Trinajstić information content (AvgIpc) is 1.81. The standard InChI is InChI=1S/C8H20N2/c1-5-10(4)7-6-8(2,3)9/h5-7,9H2,1-4H3. The zero-order chi connectivity index (χ0) is 8.20. The Labute approximate surface area is 64.4 Å². The molecular weight excluding hydrogens is 124 g/mol. The van der Waals surface area contributed by atoms with Gasteiger partial charge in [-0.05, 0) is 40.4 Å². The molecule has 0 heterocycles. The first-order valence-corrected chi connectivity index (χ1v) is 3.93. The fraction of sp³-hybridized carbons (Fsp3) is 1.00. The molecule has 0 bridgehead atoms. The van der Waals surface area contributed by atoms with E-state index in [-0.39, 0.29) is 5.54 Å². The third-order valence-corrected chi connectivity index (χ3v) is 1.68. The van der Waals surface area contributed by atoms with Gasteiger partial charge >= 0.3 is 0 Å². The Morgan fingerprint density at radius 2 is 1.90 bits per heavy atom. The van der Waals surface area contributed by atoms with Crippen LogP contribution in [0.25, 0.3) is 0 Å². The second-order valence-electron chi connectivity index (χ2n) is 3.63. The van der Waals surface area contributed by atoms with Gasteiger partial charge in [-0.2, -0.15) is 0 Å². The summed E-state index contributed by atoms with van der Waals surface area (Å²) < 4.78 is 0. The van der Waals surface area contributed by atoms with Gasteiger partial charge < -0.3 is 10.6 Å². The smallest absolute Gasteiger partial charge is 0.0109 e.